The van der Waals surface area contributed by atoms with Crippen molar-refractivity contribution in [3.05, 3.63) is 47.3 Å². The Kier molecular flexibility index (Phi) is 4.76. The number of oxazole rings is 1. The van der Waals surface area contributed by atoms with Crippen molar-refractivity contribution in [3.63, 3.8) is 0 Å². The van der Waals surface area contributed by atoms with Crippen LogP contribution >= 0.6 is 0 Å². The van der Waals surface area contributed by atoms with Crippen LogP contribution in [0.5, 0.6) is 0 Å². The number of carbonyl (C=O) groups excluding carboxylic acids is 1. The highest BCUT2D eigenvalue weighted by Crippen LogP contribution is 2.11. The van der Waals surface area contributed by atoms with Crippen LogP contribution in [0.4, 0.5) is 6.01 Å². The zero-order valence-electron chi connectivity index (χ0n) is 11.7. The maximum absolute atomic E-state index is 11.4. The number of benzene rings is 1. The fourth-order valence-corrected chi connectivity index (χ4v) is 1.85. The van der Waals surface area contributed by atoms with Gasteiger partial charge < -0.3 is 14.5 Å². The first-order valence-corrected chi connectivity index (χ1v) is 6.61. The minimum absolute atomic E-state index is 0.185. The summed E-state index contributed by atoms with van der Waals surface area (Å²) in [7, 11) is 0. The molecule has 0 aliphatic heterocycles. The van der Waals surface area contributed by atoms with Gasteiger partial charge in [-0.1, -0.05) is 24.3 Å². The summed E-state index contributed by atoms with van der Waals surface area (Å²) in [6, 6.07) is 8.55. The molecule has 0 amide bonds. The molecule has 0 fully saturated rings. The third kappa shape index (κ3) is 3.60. The van der Waals surface area contributed by atoms with Crippen LogP contribution in [-0.4, -0.2) is 24.1 Å². The fourth-order valence-electron chi connectivity index (χ4n) is 1.85. The Hall–Kier alpha value is -2.30. The van der Waals surface area contributed by atoms with Crippen molar-refractivity contribution in [3.8, 4) is 0 Å². The van der Waals surface area contributed by atoms with E-state index in [1.54, 1.807) is 6.92 Å². The molecule has 1 heterocycles. The Morgan fingerprint density at radius 3 is 2.95 bits per heavy atom. The molecule has 0 radical (unpaired) electrons. The van der Waals surface area contributed by atoms with E-state index < -0.39 is 5.97 Å². The third-order valence-electron chi connectivity index (χ3n) is 2.92. The molecule has 0 spiro atoms. The van der Waals surface area contributed by atoms with Gasteiger partial charge in [0.15, 0.2) is 5.69 Å². The average molecular weight is 274 g/mol. The molecule has 2 rings (SSSR count). The van der Waals surface area contributed by atoms with Gasteiger partial charge >= 0.3 is 5.97 Å². The van der Waals surface area contributed by atoms with Gasteiger partial charge in [-0.25, -0.2) is 4.79 Å². The molecule has 0 unspecified atom stereocenters. The van der Waals surface area contributed by atoms with Crippen molar-refractivity contribution in [1.82, 2.24) is 4.98 Å². The van der Waals surface area contributed by atoms with Gasteiger partial charge in [0.1, 0.15) is 6.26 Å². The molecule has 0 atom stereocenters. The van der Waals surface area contributed by atoms with Crippen molar-refractivity contribution >= 4 is 12.0 Å². The van der Waals surface area contributed by atoms with Crippen LogP contribution in [0, 0.1) is 6.92 Å². The molecule has 0 aliphatic rings. The molecule has 106 valence electrons. The van der Waals surface area contributed by atoms with Crippen LogP contribution in [0.1, 0.15) is 28.5 Å². The minimum atomic E-state index is -0.469. The number of nitrogens with one attached hydrogen (secondary N) is 1. The molecule has 5 nitrogen and oxygen atoms in total. The summed E-state index contributed by atoms with van der Waals surface area (Å²) >= 11 is 0. The highest BCUT2D eigenvalue weighted by molar-refractivity contribution is 5.87. The Labute approximate surface area is 118 Å². The highest BCUT2D eigenvalue weighted by atomic mass is 16.5. The van der Waals surface area contributed by atoms with E-state index in [1.165, 1.54) is 17.4 Å². The lowest BCUT2D eigenvalue weighted by Crippen LogP contribution is -2.08. The first kappa shape index (κ1) is 14.1. The molecular formula is C15H18N2O3. The van der Waals surface area contributed by atoms with E-state index in [0.29, 0.717) is 19.2 Å². The topological polar surface area (TPSA) is 64.4 Å². The number of carbonyl (C=O) groups is 1. The minimum Gasteiger partial charge on any atom is -0.461 e. The number of nitrogens with zero attached hydrogens (tertiary/aromatic N) is 1. The molecule has 0 saturated carbocycles. The zero-order valence-corrected chi connectivity index (χ0v) is 11.7. The molecule has 0 saturated heterocycles. The van der Waals surface area contributed by atoms with E-state index in [-0.39, 0.29) is 5.69 Å². The summed E-state index contributed by atoms with van der Waals surface area (Å²) in [5.74, 6) is -0.469. The van der Waals surface area contributed by atoms with Gasteiger partial charge in [-0.2, -0.15) is 4.98 Å². The standard InChI is InChI=1S/C15H18N2O3/c1-3-19-14(18)13-10-20-15(17-13)16-9-8-12-7-5-4-6-11(12)2/h4-7,10H,3,8-9H2,1-2H3,(H,16,17). The number of rotatable bonds is 6. The largest absolute Gasteiger partial charge is 0.461 e. The molecule has 0 bridgehead atoms. The second kappa shape index (κ2) is 6.75. The van der Waals surface area contributed by atoms with E-state index in [1.807, 2.05) is 12.1 Å². The molecule has 1 aromatic carbocycles. The predicted molar refractivity (Wildman–Crippen MR) is 75.8 cm³/mol. The summed E-state index contributed by atoms with van der Waals surface area (Å²) in [5.41, 5.74) is 2.72. The van der Waals surface area contributed by atoms with E-state index in [9.17, 15) is 4.79 Å². The monoisotopic (exact) mass is 274 g/mol. The van der Waals surface area contributed by atoms with E-state index in [2.05, 4.69) is 29.4 Å². The van der Waals surface area contributed by atoms with Gasteiger partial charge in [0.25, 0.3) is 6.01 Å². The number of anilines is 1. The summed E-state index contributed by atoms with van der Waals surface area (Å²) in [4.78, 5) is 15.5. The quantitative estimate of drug-likeness (QED) is 0.820. The third-order valence-corrected chi connectivity index (χ3v) is 2.92. The van der Waals surface area contributed by atoms with Gasteiger partial charge in [-0.3, -0.25) is 0 Å². The van der Waals surface area contributed by atoms with Crippen LogP contribution in [0.3, 0.4) is 0 Å². The van der Waals surface area contributed by atoms with Crippen LogP contribution in [-0.2, 0) is 11.2 Å². The molecule has 0 aliphatic carbocycles. The SMILES string of the molecule is CCOC(=O)c1coc(NCCc2ccccc2C)n1. The Morgan fingerprint density at radius 2 is 2.20 bits per heavy atom. The lowest BCUT2D eigenvalue weighted by molar-refractivity contribution is 0.0519. The van der Waals surface area contributed by atoms with Crippen molar-refractivity contribution in [2.45, 2.75) is 20.3 Å². The second-order valence-electron chi connectivity index (χ2n) is 4.36. The number of hydrogen-bond donors (Lipinski definition) is 1. The maximum atomic E-state index is 11.4. The predicted octanol–water partition coefficient (Wildman–Crippen LogP) is 2.81. The van der Waals surface area contributed by atoms with Gasteiger partial charge in [0, 0.05) is 6.54 Å². The Balaban J connectivity index is 1.86. The molecule has 20 heavy (non-hydrogen) atoms. The van der Waals surface area contributed by atoms with E-state index in [0.717, 1.165) is 6.42 Å². The van der Waals surface area contributed by atoms with Gasteiger partial charge in [-0.15, -0.1) is 0 Å². The molecule has 5 heteroatoms. The smallest absolute Gasteiger partial charge is 0.360 e. The number of esters is 1. The van der Waals surface area contributed by atoms with E-state index in [4.69, 9.17) is 9.15 Å². The molecule has 2 aromatic rings. The van der Waals surface area contributed by atoms with Crippen molar-refractivity contribution < 1.29 is 13.9 Å². The molecular weight excluding hydrogens is 256 g/mol. The number of ether oxygens (including phenoxy) is 1. The lowest BCUT2D eigenvalue weighted by Gasteiger charge is -2.05. The van der Waals surface area contributed by atoms with Crippen molar-refractivity contribution in [2.24, 2.45) is 0 Å². The zero-order chi connectivity index (χ0) is 14.4. The Bertz CT molecular complexity index is 578. The maximum Gasteiger partial charge on any atom is 0.360 e. The molecule has 1 N–H and O–H groups in total. The van der Waals surface area contributed by atoms with Gasteiger partial charge in [-0.05, 0) is 31.4 Å². The second-order valence-corrected chi connectivity index (χ2v) is 4.36. The number of hydrogen-bond acceptors (Lipinski definition) is 5. The molecule has 1 aromatic heterocycles. The van der Waals surface area contributed by atoms with Crippen molar-refractivity contribution in [2.75, 3.05) is 18.5 Å². The summed E-state index contributed by atoms with van der Waals surface area (Å²) in [6.45, 7) is 4.84. The van der Waals surface area contributed by atoms with E-state index >= 15 is 0 Å². The first-order chi connectivity index (χ1) is 9.70. The fraction of sp³-hybridized carbons (Fsp3) is 0.333. The summed E-state index contributed by atoms with van der Waals surface area (Å²) in [6.07, 6.45) is 2.16. The normalized spacial score (nSPS) is 10.3. The van der Waals surface area contributed by atoms with Crippen LogP contribution in [0.15, 0.2) is 34.9 Å². The Morgan fingerprint density at radius 1 is 1.40 bits per heavy atom. The highest BCUT2D eigenvalue weighted by Gasteiger charge is 2.12. The van der Waals surface area contributed by atoms with Crippen LogP contribution in [0.25, 0.3) is 0 Å². The van der Waals surface area contributed by atoms with Gasteiger partial charge in [0.05, 0.1) is 6.61 Å². The van der Waals surface area contributed by atoms with Crippen LogP contribution < -0.4 is 5.32 Å². The van der Waals surface area contributed by atoms with Crippen LogP contribution in [0.2, 0.25) is 0 Å². The lowest BCUT2D eigenvalue weighted by atomic mass is 10.1. The number of aromatic nitrogens is 1. The summed E-state index contributed by atoms with van der Waals surface area (Å²) < 4.78 is 10.0. The van der Waals surface area contributed by atoms with Gasteiger partial charge in [0.2, 0.25) is 0 Å². The average Bonchev–Trinajstić information content (AvgIpc) is 2.90. The van der Waals surface area contributed by atoms with Crippen molar-refractivity contribution in [1.29, 1.82) is 0 Å². The first-order valence-electron chi connectivity index (χ1n) is 6.61. The number of aryl methyl sites for hydroxylation is 1. The summed E-state index contributed by atoms with van der Waals surface area (Å²) in [5, 5.41) is 3.05.